The molecule has 0 aromatic carbocycles. The molecule has 24 heavy (non-hydrogen) atoms. The first-order valence-corrected chi connectivity index (χ1v) is 9.16. The third-order valence-corrected chi connectivity index (χ3v) is 5.03. The van der Waals surface area contributed by atoms with Crippen molar-refractivity contribution in [3.63, 3.8) is 0 Å². The van der Waals surface area contributed by atoms with E-state index < -0.39 is 0 Å². The van der Waals surface area contributed by atoms with Crippen LogP contribution in [0.1, 0.15) is 39.0 Å². The van der Waals surface area contributed by atoms with Crippen molar-refractivity contribution in [2.24, 2.45) is 4.99 Å². The molecule has 7 heteroatoms. The van der Waals surface area contributed by atoms with E-state index in [1.807, 2.05) is 6.92 Å². The zero-order valence-electron chi connectivity index (χ0n) is 15.3. The van der Waals surface area contributed by atoms with Crippen LogP contribution in [-0.2, 0) is 9.53 Å². The van der Waals surface area contributed by atoms with Crippen LogP contribution < -0.4 is 16.0 Å². The smallest absolute Gasteiger partial charge is 0.241 e. The van der Waals surface area contributed by atoms with Crippen LogP contribution in [0.3, 0.4) is 0 Å². The molecule has 1 amide bonds. The molecule has 7 nitrogen and oxygen atoms in total. The van der Waals surface area contributed by atoms with Gasteiger partial charge in [-0.2, -0.15) is 0 Å². The van der Waals surface area contributed by atoms with E-state index in [0.29, 0.717) is 31.3 Å². The summed E-state index contributed by atoms with van der Waals surface area (Å²) in [7, 11) is 3.88. The summed E-state index contributed by atoms with van der Waals surface area (Å²) in [5.41, 5.74) is 0. The first kappa shape index (κ1) is 19.0. The molecule has 0 aromatic rings. The molecular formula is C17H33N5O2. The van der Waals surface area contributed by atoms with Crippen molar-refractivity contribution < 1.29 is 9.53 Å². The topological polar surface area (TPSA) is 78.0 Å². The standard InChI is InChI=1S/C17H33N5O2/c1-4-18-17(20-12-16(23)19-8-9-24-3)21-13-10-14-6-5-7-15(11-13)22(14)2/h13-15H,4-12H2,1-3H3,(H,19,23)(H2,18,20,21). The fraction of sp³-hybridized carbons (Fsp3) is 0.882. The lowest BCUT2D eigenvalue weighted by molar-refractivity contribution is -0.119. The van der Waals surface area contributed by atoms with Crippen molar-refractivity contribution in [2.75, 3.05) is 40.4 Å². The predicted octanol–water partition coefficient (Wildman–Crippen LogP) is 0.319. The largest absolute Gasteiger partial charge is 0.383 e. The van der Waals surface area contributed by atoms with Gasteiger partial charge in [-0.15, -0.1) is 0 Å². The Kier molecular flexibility index (Phi) is 7.78. The normalized spacial score (nSPS) is 27.6. The maximum Gasteiger partial charge on any atom is 0.241 e. The second-order valence-corrected chi connectivity index (χ2v) is 6.75. The number of rotatable bonds is 7. The zero-order valence-corrected chi connectivity index (χ0v) is 15.3. The van der Waals surface area contributed by atoms with Crippen LogP contribution in [0.25, 0.3) is 0 Å². The number of amides is 1. The van der Waals surface area contributed by atoms with Crippen LogP contribution in [0.2, 0.25) is 0 Å². The molecule has 2 rings (SSSR count). The van der Waals surface area contributed by atoms with Crippen molar-refractivity contribution in [1.29, 1.82) is 0 Å². The average Bonchev–Trinajstić information content (AvgIpc) is 2.54. The van der Waals surface area contributed by atoms with E-state index >= 15 is 0 Å². The van der Waals surface area contributed by atoms with E-state index in [1.165, 1.54) is 19.3 Å². The molecule has 2 atom stereocenters. The van der Waals surface area contributed by atoms with Crippen molar-refractivity contribution in [3.05, 3.63) is 0 Å². The fourth-order valence-corrected chi connectivity index (χ4v) is 3.75. The highest BCUT2D eigenvalue weighted by atomic mass is 16.5. The van der Waals surface area contributed by atoms with Gasteiger partial charge in [0.25, 0.3) is 0 Å². The lowest BCUT2D eigenvalue weighted by Crippen LogP contribution is -2.56. The Labute approximate surface area is 145 Å². The van der Waals surface area contributed by atoms with Crippen LogP contribution >= 0.6 is 0 Å². The third kappa shape index (κ3) is 5.63. The van der Waals surface area contributed by atoms with Gasteiger partial charge in [-0.25, -0.2) is 4.99 Å². The highest BCUT2D eigenvalue weighted by Crippen LogP contribution is 2.32. The van der Waals surface area contributed by atoms with E-state index in [1.54, 1.807) is 7.11 Å². The quantitative estimate of drug-likeness (QED) is 0.354. The van der Waals surface area contributed by atoms with Gasteiger partial charge in [-0.3, -0.25) is 4.79 Å². The van der Waals surface area contributed by atoms with Gasteiger partial charge in [0.1, 0.15) is 6.54 Å². The van der Waals surface area contributed by atoms with E-state index in [0.717, 1.165) is 25.3 Å². The molecule has 0 aliphatic carbocycles. The van der Waals surface area contributed by atoms with Crippen molar-refractivity contribution in [3.8, 4) is 0 Å². The van der Waals surface area contributed by atoms with Gasteiger partial charge in [-0.1, -0.05) is 6.42 Å². The first-order chi connectivity index (χ1) is 11.6. The van der Waals surface area contributed by atoms with Gasteiger partial charge in [0.2, 0.25) is 5.91 Å². The maximum absolute atomic E-state index is 11.8. The van der Waals surface area contributed by atoms with Crippen LogP contribution in [0.4, 0.5) is 0 Å². The maximum atomic E-state index is 11.8. The Morgan fingerprint density at radius 2 is 1.96 bits per heavy atom. The number of nitrogens with zero attached hydrogens (tertiary/aromatic N) is 2. The van der Waals surface area contributed by atoms with Gasteiger partial charge in [0, 0.05) is 38.3 Å². The highest BCUT2D eigenvalue weighted by molar-refractivity contribution is 5.85. The number of nitrogens with one attached hydrogen (secondary N) is 3. The summed E-state index contributed by atoms with van der Waals surface area (Å²) in [4.78, 5) is 18.8. The molecule has 2 bridgehead atoms. The molecular weight excluding hydrogens is 306 g/mol. The minimum atomic E-state index is -0.0792. The minimum Gasteiger partial charge on any atom is -0.383 e. The number of hydrogen-bond acceptors (Lipinski definition) is 4. The number of guanidine groups is 1. The molecule has 2 aliphatic heterocycles. The van der Waals surface area contributed by atoms with E-state index in [9.17, 15) is 4.79 Å². The minimum absolute atomic E-state index is 0.0792. The zero-order chi connectivity index (χ0) is 17.4. The summed E-state index contributed by atoms with van der Waals surface area (Å²) in [6.45, 7) is 4.01. The van der Waals surface area contributed by atoms with Crippen LogP contribution in [0.15, 0.2) is 4.99 Å². The summed E-state index contributed by atoms with van der Waals surface area (Å²) >= 11 is 0. The van der Waals surface area contributed by atoms with Gasteiger partial charge in [0.15, 0.2) is 5.96 Å². The lowest BCUT2D eigenvalue weighted by atomic mass is 9.82. The molecule has 0 radical (unpaired) electrons. The molecule has 0 spiro atoms. The fourth-order valence-electron chi connectivity index (χ4n) is 3.75. The second-order valence-electron chi connectivity index (χ2n) is 6.75. The van der Waals surface area contributed by atoms with Gasteiger partial charge >= 0.3 is 0 Å². The monoisotopic (exact) mass is 339 g/mol. The van der Waals surface area contributed by atoms with Gasteiger partial charge in [-0.05, 0) is 39.7 Å². The van der Waals surface area contributed by atoms with E-state index in [4.69, 9.17) is 4.74 Å². The van der Waals surface area contributed by atoms with Crippen molar-refractivity contribution >= 4 is 11.9 Å². The first-order valence-electron chi connectivity index (χ1n) is 9.16. The van der Waals surface area contributed by atoms with Crippen molar-refractivity contribution in [2.45, 2.75) is 57.2 Å². The van der Waals surface area contributed by atoms with Crippen molar-refractivity contribution in [1.82, 2.24) is 20.9 Å². The number of ether oxygens (including phenoxy) is 1. The predicted molar refractivity (Wildman–Crippen MR) is 96.2 cm³/mol. The Morgan fingerprint density at radius 1 is 1.25 bits per heavy atom. The summed E-state index contributed by atoms with van der Waals surface area (Å²) in [5, 5.41) is 9.58. The molecule has 2 saturated heterocycles. The SMILES string of the molecule is CCNC(=NCC(=O)NCCOC)NC1CC2CCCC(C1)N2C. The second kappa shape index (κ2) is 9.84. The van der Waals surface area contributed by atoms with Crippen LogP contribution in [0, 0.1) is 0 Å². The summed E-state index contributed by atoms with van der Waals surface area (Å²) in [5.74, 6) is 0.663. The number of hydrogen-bond donors (Lipinski definition) is 3. The Bertz CT molecular complexity index is 415. The number of aliphatic imine (C=N–C) groups is 1. The molecule has 2 heterocycles. The van der Waals surface area contributed by atoms with Crippen LogP contribution in [0.5, 0.6) is 0 Å². The number of fused-ring (bicyclic) bond motifs is 2. The van der Waals surface area contributed by atoms with Gasteiger partial charge < -0.3 is 25.6 Å². The molecule has 0 aromatic heterocycles. The van der Waals surface area contributed by atoms with Gasteiger partial charge in [0.05, 0.1) is 6.61 Å². The third-order valence-electron chi connectivity index (χ3n) is 5.03. The number of carbonyl (C=O) groups excluding carboxylic acids is 1. The molecule has 2 aliphatic rings. The van der Waals surface area contributed by atoms with E-state index in [2.05, 4.69) is 32.9 Å². The molecule has 2 fully saturated rings. The van der Waals surface area contributed by atoms with E-state index in [-0.39, 0.29) is 12.5 Å². The summed E-state index contributed by atoms with van der Waals surface area (Å²) in [6.07, 6.45) is 6.23. The molecule has 138 valence electrons. The Balaban J connectivity index is 1.84. The number of carbonyl (C=O) groups is 1. The highest BCUT2D eigenvalue weighted by Gasteiger charge is 2.36. The number of methoxy groups -OCH3 is 1. The Morgan fingerprint density at radius 3 is 2.58 bits per heavy atom. The molecule has 3 N–H and O–H groups in total. The summed E-state index contributed by atoms with van der Waals surface area (Å²) < 4.78 is 4.92. The summed E-state index contributed by atoms with van der Waals surface area (Å²) in [6, 6.07) is 1.79. The number of piperidine rings is 2. The molecule has 0 saturated carbocycles. The molecule has 2 unspecified atom stereocenters. The van der Waals surface area contributed by atoms with Crippen LogP contribution in [-0.4, -0.2) is 75.3 Å². The lowest BCUT2D eigenvalue weighted by Gasteiger charge is -2.47. The Hall–Kier alpha value is -1.34. The average molecular weight is 339 g/mol.